The number of methoxy groups -OCH3 is 2. The van der Waals surface area contributed by atoms with Gasteiger partial charge in [-0.3, -0.25) is 0 Å². The molecule has 146 valence electrons. The molecule has 0 saturated heterocycles. The van der Waals surface area contributed by atoms with Gasteiger partial charge in [-0.2, -0.15) is 5.26 Å². The molecule has 4 aliphatic carbocycles. The van der Waals surface area contributed by atoms with E-state index >= 15 is 0 Å². The first-order valence-electron chi connectivity index (χ1n) is 10.5. The number of aliphatic hydroxyl groups excluding tert-OH is 1. The number of nitrogens with zero attached hydrogens (tertiary/aromatic N) is 1. The zero-order chi connectivity index (χ0) is 18.7. The summed E-state index contributed by atoms with van der Waals surface area (Å²) in [6.07, 6.45) is 7.31. The molecule has 0 aromatic rings. The summed E-state index contributed by atoms with van der Waals surface area (Å²) in [5.41, 5.74) is 0.268. The maximum Gasteiger partial charge on any atom is 0.0835 e. The number of hydrogen-bond donors (Lipinski definition) is 1. The van der Waals surface area contributed by atoms with E-state index in [4.69, 9.17) is 9.47 Å². The SMILES string of the molecule is CO[C@H]1C[C@@]2(C)C(CC[C@@H]2C#N)[C@@H]2CCC3C[C@H](O)[C@@H](OC)C[C@]3(C)[C@@H]12. The number of rotatable bonds is 2. The highest BCUT2D eigenvalue weighted by molar-refractivity contribution is 5.15. The van der Waals surface area contributed by atoms with Crippen molar-refractivity contribution in [2.75, 3.05) is 14.2 Å². The molecule has 4 fully saturated rings. The molecular formula is C22H35NO3. The van der Waals surface area contributed by atoms with Crippen molar-refractivity contribution in [1.29, 1.82) is 5.26 Å². The van der Waals surface area contributed by atoms with Gasteiger partial charge in [-0.1, -0.05) is 13.8 Å². The van der Waals surface area contributed by atoms with Crippen LogP contribution in [0.25, 0.3) is 0 Å². The van der Waals surface area contributed by atoms with Crippen LogP contribution in [0.4, 0.5) is 0 Å². The van der Waals surface area contributed by atoms with Gasteiger partial charge in [0.25, 0.3) is 0 Å². The lowest BCUT2D eigenvalue weighted by atomic mass is 9.43. The first-order valence-corrected chi connectivity index (χ1v) is 10.5. The smallest absolute Gasteiger partial charge is 0.0835 e. The molecule has 4 nitrogen and oxygen atoms in total. The predicted molar refractivity (Wildman–Crippen MR) is 99.2 cm³/mol. The molecule has 1 N–H and O–H groups in total. The van der Waals surface area contributed by atoms with Crippen molar-refractivity contribution in [2.45, 2.75) is 77.1 Å². The van der Waals surface area contributed by atoms with Gasteiger partial charge in [-0.25, -0.2) is 0 Å². The molecule has 0 amide bonds. The van der Waals surface area contributed by atoms with Gasteiger partial charge in [-0.15, -0.1) is 0 Å². The molecule has 4 heteroatoms. The van der Waals surface area contributed by atoms with E-state index in [2.05, 4.69) is 19.9 Å². The van der Waals surface area contributed by atoms with Crippen molar-refractivity contribution >= 4 is 0 Å². The summed E-state index contributed by atoms with van der Waals surface area (Å²) in [5, 5.41) is 20.2. The van der Waals surface area contributed by atoms with Crippen molar-refractivity contribution in [1.82, 2.24) is 0 Å². The lowest BCUT2D eigenvalue weighted by Gasteiger charge is -2.63. The molecule has 10 atom stereocenters. The Hall–Kier alpha value is -0.630. The predicted octanol–water partition coefficient (Wildman–Crippen LogP) is 3.78. The van der Waals surface area contributed by atoms with Gasteiger partial charge in [0.05, 0.1) is 30.3 Å². The highest BCUT2D eigenvalue weighted by Gasteiger charge is 2.64. The zero-order valence-electron chi connectivity index (χ0n) is 16.8. The van der Waals surface area contributed by atoms with Crippen LogP contribution < -0.4 is 0 Å². The summed E-state index contributed by atoms with van der Waals surface area (Å²) in [5.74, 6) is 2.55. The van der Waals surface area contributed by atoms with E-state index in [0.717, 1.165) is 25.7 Å². The van der Waals surface area contributed by atoms with E-state index in [1.54, 1.807) is 7.11 Å². The van der Waals surface area contributed by atoms with Crippen molar-refractivity contribution in [2.24, 2.45) is 40.4 Å². The van der Waals surface area contributed by atoms with E-state index in [9.17, 15) is 10.4 Å². The largest absolute Gasteiger partial charge is 0.390 e. The summed E-state index contributed by atoms with van der Waals surface area (Å²) in [7, 11) is 3.60. The van der Waals surface area contributed by atoms with Gasteiger partial charge in [-0.05, 0) is 79.4 Å². The standard InChI is InChI=1S/C22H35NO3/c1-21-11-19(26-4)20-15(16(21)8-6-14(21)12-23)7-5-13-9-17(24)18(25-3)10-22(13,20)2/h13-20,24H,5-11H2,1-4H3/t13?,14-,15+,16?,17+,18+,19+,20-,21-,22+/m1/s1. The van der Waals surface area contributed by atoms with Gasteiger partial charge in [0.15, 0.2) is 0 Å². The zero-order valence-corrected chi connectivity index (χ0v) is 16.8. The van der Waals surface area contributed by atoms with E-state index in [1.165, 1.54) is 19.3 Å². The maximum absolute atomic E-state index is 10.5. The molecule has 0 bridgehead atoms. The maximum atomic E-state index is 10.5. The minimum atomic E-state index is -0.334. The molecule has 2 unspecified atom stereocenters. The minimum Gasteiger partial charge on any atom is -0.390 e. The van der Waals surface area contributed by atoms with Gasteiger partial charge >= 0.3 is 0 Å². The average molecular weight is 362 g/mol. The van der Waals surface area contributed by atoms with Crippen LogP contribution in [-0.2, 0) is 9.47 Å². The van der Waals surface area contributed by atoms with E-state index in [-0.39, 0.29) is 35.1 Å². The second-order valence-electron chi connectivity index (χ2n) is 10.1. The summed E-state index contributed by atoms with van der Waals surface area (Å²) >= 11 is 0. The third-order valence-corrected chi connectivity index (χ3v) is 9.33. The fraction of sp³-hybridized carbons (Fsp3) is 0.955. The van der Waals surface area contributed by atoms with Crippen LogP contribution in [0.3, 0.4) is 0 Å². The third kappa shape index (κ3) is 2.43. The summed E-state index contributed by atoms with van der Waals surface area (Å²) in [6.45, 7) is 4.80. The molecule has 0 heterocycles. The van der Waals surface area contributed by atoms with Crippen LogP contribution in [0.15, 0.2) is 0 Å². The first kappa shape index (κ1) is 18.7. The summed E-state index contributed by atoms with van der Waals surface area (Å²) in [6, 6.07) is 2.62. The third-order valence-electron chi connectivity index (χ3n) is 9.33. The average Bonchev–Trinajstić information content (AvgIpc) is 2.96. The Morgan fingerprint density at radius 3 is 2.31 bits per heavy atom. The normalized spacial score (nSPS) is 56.2. The quantitative estimate of drug-likeness (QED) is 0.813. The first-order chi connectivity index (χ1) is 12.4. The Morgan fingerprint density at radius 1 is 0.962 bits per heavy atom. The molecule has 4 rings (SSSR count). The van der Waals surface area contributed by atoms with Crippen LogP contribution in [0.1, 0.15) is 58.8 Å². The highest BCUT2D eigenvalue weighted by atomic mass is 16.5. The Kier molecular flexibility index (Phi) is 4.66. The fourth-order valence-corrected chi connectivity index (χ4v) is 8.02. The van der Waals surface area contributed by atoms with Crippen molar-refractivity contribution in [3.63, 3.8) is 0 Å². The van der Waals surface area contributed by atoms with Crippen molar-refractivity contribution in [3.8, 4) is 6.07 Å². The van der Waals surface area contributed by atoms with Gasteiger partial charge in [0.2, 0.25) is 0 Å². The van der Waals surface area contributed by atoms with Gasteiger partial charge in [0.1, 0.15) is 0 Å². The molecule has 0 aromatic carbocycles. The van der Waals surface area contributed by atoms with Crippen LogP contribution in [0.2, 0.25) is 0 Å². The molecule has 0 aromatic heterocycles. The van der Waals surface area contributed by atoms with Crippen LogP contribution in [0, 0.1) is 51.8 Å². The molecule has 26 heavy (non-hydrogen) atoms. The van der Waals surface area contributed by atoms with Gasteiger partial charge < -0.3 is 14.6 Å². The molecular weight excluding hydrogens is 326 g/mol. The number of hydrogen-bond acceptors (Lipinski definition) is 4. The molecule has 4 aliphatic rings. The van der Waals surface area contributed by atoms with Crippen molar-refractivity contribution < 1.29 is 14.6 Å². The topological polar surface area (TPSA) is 62.5 Å². The minimum absolute atomic E-state index is 0.0590. The number of nitriles is 1. The monoisotopic (exact) mass is 361 g/mol. The van der Waals surface area contributed by atoms with E-state index < -0.39 is 0 Å². The summed E-state index contributed by atoms with van der Waals surface area (Å²) in [4.78, 5) is 0. The van der Waals surface area contributed by atoms with Crippen LogP contribution in [-0.4, -0.2) is 37.6 Å². The lowest BCUT2D eigenvalue weighted by molar-refractivity contribution is -0.204. The number of aliphatic hydroxyl groups is 1. The molecule has 4 saturated carbocycles. The number of ether oxygens (including phenoxy) is 2. The Balaban J connectivity index is 1.70. The molecule has 0 spiro atoms. The van der Waals surface area contributed by atoms with Gasteiger partial charge in [0, 0.05) is 14.2 Å². The van der Waals surface area contributed by atoms with Crippen LogP contribution in [0.5, 0.6) is 0 Å². The Labute approximate surface area is 158 Å². The Bertz CT molecular complexity index is 588. The fourth-order valence-electron chi connectivity index (χ4n) is 8.02. The second kappa shape index (κ2) is 6.47. The molecule has 0 radical (unpaired) electrons. The second-order valence-corrected chi connectivity index (χ2v) is 10.1. The summed E-state index contributed by atoms with van der Waals surface area (Å²) < 4.78 is 11.8. The van der Waals surface area contributed by atoms with E-state index in [0.29, 0.717) is 23.7 Å². The van der Waals surface area contributed by atoms with Crippen molar-refractivity contribution in [3.05, 3.63) is 0 Å². The Morgan fingerprint density at radius 2 is 1.65 bits per heavy atom. The number of fused-ring (bicyclic) bond motifs is 5. The lowest BCUT2D eigenvalue weighted by Crippen LogP contribution is -2.61. The molecule has 0 aliphatic heterocycles. The highest BCUT2D eigenvalue weighted by Crippen LogP contribution is 2.67. The van der Waals surface area contributed by atoms with E-state index in [1.807, 2.05) is 7.11 Å². The van der Waals surface area contributed by atoms with Crippen LogP contribution >= 0.6 is 0 Å².